The summed E-state index contributed by atoms with van der Waals surface area (Å²) >= 11 is 12.7. The van der Waals surface area contributed by atoms with E-state index in [1.165, 1.54) is 0 Å². The Morgan fingerprint density at radius 3 is 2.51 bits per heavy atom. The lowest BCUT2D eigenvalue weighted by Crippen LogP contribution is -2.25. The molecule has 2 heterocycles. The summed E-state index contributed by atoms with van der Waals surface area (Å²) in [6.45, 7) is 1.98. The molecule has 2 aliphatic carbocycles. The molecule has 0 saturated heterocycles. The molecule has 1 N–H and O–H groups in total. The number of anilines is 2. The highest BCUT2D eigenvalue weighted by Crippen LogP contribution is 2.33. The molecule has 2 aromatic carbocycles. The number of benzene rings is 3. The summed E-state index contributed by atoms with van der Waals surface area (Å²) in [5.41, 5.74) is 7.29. The molecule has 0 amide bonds. The maximum atomic E-state index is 6.47. The SMILES string of the molecule is COC1CCC(N=c2cc3n(-c4ccc(Cl)c(Cl)c4)c4ccccc4nc-3cc2Nc2ccc(C)nc2)CC1. The zero-order valence-electron chi connectivity index (χ0n) is 21.9. The molecule has 0 spiro atoms. The molecule has 0 atom stereocenters. The van der Waals surface area contributed by atoms with Crippen molar-refractivity contribution in [1.82, 2.24) is 14.5 Å². The van der Waals surface area contributed by atoms with Gasteiger partial charge in [0.2, 0.25) is 0 Å². The Kier molecular flexibility index (Phi) is 7.26. The summed E-state index contributed by atoms with van der Waals surface area (Å²) in [7, 11) is 1.79. The van der Waals surface area contributed by atoms with Crippen LogP contribution in [0.4, 0.5) is 11.4 Å². The van der Waals surface area contributed by atoms with E-state index >= 15 is 0 Å². The van der Waals surface area contributed by atoms with Crippen LogP contribution in [0.25, 0.3) is 28.1 Å². The molecule has 0 unspecified atom stereocenters. The van der Waals surface area contributed by atoms with Gasteiger partial charge in [-0.15, -0.1) is 0 Å². The number of aryl methyl sites for hydroxylation is 1. The Hall–Kier alpha value is -3.45. The highest BCUT2D eigenvalue weighted by atomic mass is 35.5. The fraction of sp³-hybridized carbons (Fsp3) is 0.258. The molecule has 1 saturated carbocycles. The third kappa shape index (κ3) is 5.37. The monoisotopic (exact) mass is 557 g/mol. The van der Waals surface area contributed by atoms with Crippen LogP contribution >= 0.6 is 23.2 Å². The van der Waals surface area contributed by atoms with Gasteiger partial charge < -0.3 is 14.6 Å². The number of methoxy groups -OCH3 is 1. The average Bonchev–Trinajstić information content (AvgIpc) is 2.95. The number of hydrogen-bond donors (Lipinski definition) is 1. The highest BCUT2D eigenvalue weighted by Gasteiger charge is 2.22. The molecular weight excluding hydrogens is 529 g/mol. The minimum absolute atomic E-state index is 0.220. The summed E-state index contributed by atoms with van der Waals surface area (Å²) < 4.78 is 7.77. The zero-order chi connectivity index (χ0) is 26.9. The molecular formula is C31H29Cl2N5O. The highest BCUT2D eigenvalue weighted by molar-refractivity contribution is 6.42. The fourth-order valence-corrected chi connectivity index (χ4v) is 5.55. The van der Waals surface area contributed by atoms with Gasteiger partial charge in [-0.2, -0.15) is 0 Å². The predicted octanol–water partition coefficient (Wildman–Crippen LogP) is 7.74. The second kappa shape index (κ2) is 11.0. The number of fused-ring (bicyclic) bond motifs is 2. The van der Waals surface area contributed by atoms with Crippen molar-refractivity contribution < 1.29 is 4.74 Å². The number of nitrogens with one attached hydrogen (secondary N) is 1. The maximum Gasteiger partial charge on any atom is 0.0900 e. The maximum absolute atomic E-state index is 6.47. The van der Waals surface area contributed by atoms with Crippen LogP contribution in [0.3, 0.4) is 0 Å². The van der Waals surface area contributed by atoms with Crippen molar-refractivity contribution in [2.45, 2.75) is 44.8 Å². The number of halogens is 2. The third-order valence-corrected chi connectivity index (χ3v) is 8.09. The molecule has 1 fully saturated rings. The smallest absolute Gasteiger partial charge is 0.0900 e. The van der Waals surface area contributed by atoms with Gasteiger partial charge in [-0.25, -0.2) is 4.98 Å². The Balaban J connectivity index is 1.58. The summed E-state index contributed by atoms with van der Waals surface area (Å²) in [5.74, 6) is 0. The van der Waals surface area contributed by atoms with Gasteiger partial charge in [-0.05, 0) is 87.2 Å². The molecule has 3 aliphatic rings. The Morgan fingerprint density at radius 1 is 0.949 bits per heavy atom. The van der Waals surface area contributed by atoms with Gasteiger partial charge in [-0.1, -0.05) is 35.3 Å². The summed E-state index contributed by atoms with van der Waals surface area (Å²) in [4.78, 5) is 14.8. The standard InChI is InChI=1S/C31H29Cl2N5O/c1-19-7-8-21(18-34-19)36-27-16-29-31(17-28(27)35-20-9-12-23(39-2)13-10-20)38(22-11-14-24(32)25(33)15-22)30-6-4-3-5-26(30)37-29/h3-8,11,14-18,20,23,36H,9-10,12-13H2,1-2H3. The van der Waals surface area contributed by atoms with Gasteiger partial charge in [0.1, 0.15) is 0 Å². The summed E-state index contributed by atoms with van der Waals surface area (Å²) in [5, 5.41) is 5.46. The second-order valence-electron chi connectivity index (χ2n) is 10.0. The van der Waals surface area contributed by atoms with Gasteiger partial charge >= 0.3 is 0 Å². The van der Waals surface area contributed by atoms with Gasteiger partial charge in [0, 0.05) is 18.5 Å². The number of nitrogens with zero attached hydrogens (tertiary/aromatic N) is 4. The van der Waals surface area contributed by atoms with Gasteiger partial charge in [0.05, 0.1) is 67.5 Å². The number of ether oxygens (including phenoxy) is 1. The summed E-state index contributed by atoms with van der Waals surface area (Å²) in [6, 6.07) is 22.3. The molecule has 6 rings (SSSR count). The lowest BCUT2D eigenvalue weighted by atomic mass is 9.93. The van der Waals surface area contributed by atoms with Crippen LogP contribution in [0.2, 0.25) is 10.0 Å². The van der Waals surface area contributed by atoms with Crippen LogP contribution in [0, 0.1) is 6.92 Å². The molecule has 6 nitrogen and oxygen atoms in total. The first-order valence-electron chi connectivity index (χ1n) is 13.2. The lowest BCUT2D eigenvalue weighted by Gasteiger charge is -2.25. The topological polar surface area (TPSA) is 64.3 Å². The van der Waals surface area contributed by atoms with Crippen molar-refractivity contribution in [3.05, 3.63) is 94.0 Å². The molecule has 1 aromatic heterocycles. The normalized spacial score (nSPS) is 18.1. The molecule has 1 aliphatic heterocycles. The van der Waals surface area contributed by atoms with Gasteiger partial charge in [0.15, 0.2) is 0 Å². The lowest BCUT2D eigenvalue weighted by molar-refractivity contribution is 0.0663. The van der Waals surface area contributed by atoms with E-state index in [1.54, 1.807) is 7.11 Å². The first-order chi connectivity index (χ1) is 19.0. The fourth-order valence-electron chi connectivity index (χ4n) is 5.25. The first-order valence-corrected chi connectivity index (χ1v) is 13.9. The van der Waals surface area contributed by atoms with Crippen LogP contribution < -0.4 is 10.7 Å². The number of para-hydroxylation sites is 2. The Morgan fingerprint density at radius 2 is 1.77 bits per heavy atom. The van der Waals surface area contributed by atoms with Crippen molar-refractivity contribution in [2.75, 3.05) is 12.4 Å². The average molecular weight is 559 g/mol. The Bertz CT molecular complexity index is 1670. The summed E-state index contributed by atoms with van der Waals surface area (Å²) in [6.07, 6.45) is 6.17. The number of aromatic nitrogens is 3. The second-order valence-corrected chi connectivity index (χ2v) is 10.8. The van der Waals surface area contributed by atoms with E-state index in [0.717, 1.165) is 76.2 Å². The molecule has 0 radical (unpaired) electrons. The molecule has 0 bridgehead atoms. The van der Waals surface area contributed by atoms with E-state index in [0.29, 0.717) is 16.1 Å². The van der Waals surface area contributed by atoms with E-state index in [-0.39, 0.29) is 6.04 Å². The van der Waals surface area contributed by atoms with Crippen LogP contribution in [-0.4, -0.2) is 33.8 Å². The van der Waals surface area contributed by atoms with E-state index < -0.39 is 0 Å². The van der Waals surface area contributed by atoms with E-state index in [4.69, 9.17) is 37.9 Å². The minimum atomic E-state index is 0.220. The quantitative estimate of drug-likeness (QED) is 0.224. The van der Waals surface area contributed by atoms with Crippen LogP contribution in [-0.2, 0) is 4.74 Å². The first kappa shape index (κ1) is 25.8. The van der Waals surface area contributed by atoms with Crippen molar-refractivity contribution in [1.29, 1.82) is 0 Å². The largest absolute Gasteiger partial charge is 0.381 e. The van der Waals surface area contributed by atoms with Gasteiger partial charge in [-0.3, -0.25) is 9.98 Å². The molecule has 198 valence electrons. The number of pyridine rings is 1. The molecule has 3 aromatic rings. The van der Waals surface area contributed by atoms with E-state index in [1.807, 2.05) is 61.7 Å². The van der Waals surface area contributed by atoms with Gasteiger partial charge in [0.25, 0.3) is 0 Å². The van der Waals surface area contributed by atoms with Crippen molar-refractivity contribution in [3.63, 3.8) is 0 Å². The van der Waals surface area contributed by atoms with Crippen LogP contribution in [0.1, 0.15) is 31.4 Å². The number of hydrogen-bond acceptors (Lipinski definition) is 5. The zero-order valence-corrected chi connectivity index (χ0v) is 23.4. The molecule has 8 heteroatoms. The Labute approximate surface area is 237 Å². The van der Waals surface area contributed by atoms with Crippen molar-refractivity contribution >= 4 is 45.6 Å². The van der Waals surface area contributed by atoms with Crippen molar-refractivity contribution in [2.24, 2.45) is 4.99 Å². The predicted molar refractivity (Wildman–Crippen MR) is 159 cm³/mol. The van der Waals surface area contributed by atoms with E-state index in [9.17, 15) is 0 Å². The third-order valence-electron chi connectivity index (χ3n) is 7.35. The molecule has 39 heavy (non-hydrogen) atoms. The number of rotatable bonds is 5. The van der Waals surface area contributed by atoms with E-state index in [2.05, 4.69) is 33.1 Å². The minimum Gasteiger partial charge on any atom is -0.381 e. The van der Waals surface area contributed by atoms with Crippen LogP contribution in [0.5, 0.6) is 0 Å². The van der Waals surface area contributed by atoms with Crippen LogP contribution in [0.15, 0.2) is 77.9 Å². The van der Waals surface area contributed by atoms with Crippen molar-refractivity contribution in [3.8, 4) is 17.1 Å².